The van der Waals surface area contributed by atoms with Crippen LogP contribution in [0.3, 0.4) is 0 Å². The van der Waals surface area contributed by atoms with E-state index in [-0.39, 0.29) is 11.1 Å². The number of aryl methyl sites for hydroxylation is 3. The largest absolute Gasteiger partial charge is 0.416 e. The Morgan fingerprint density at radius 3 is 1.11 bits per heavy atom. The summed E-state index contributed by atoms with van der Waals surface area (Å²) in [5.74, 6) is -0.946. The molecule has 0 fully saturated rings. The van der Waals surface area contributed by atoms with Crippen LogP contribution in [0.25, 0.3) is 33.4 Å². The van der Waals surface area contributed by atoms with Crippen LogP contribution in [-0.2, 0) is 18.5 Å². The first-order valence-electron chi connectivity index (χ1n) is 15.8. The van der Waals surface area contributed by atoms with Crippen molar-refractivity contribution >= 4 is 0 Å². The Morgan fingerprint density at radius 2 is 0.698 bits per heavy atom. The first-order chi connectivity index (χ1) is 24.7. The number of hydrogen-bond donors (Lipinski definition) is 0. The molecule has 0 aromatic heterocycles. The second kappa shape index (κ2) is 16.5. The number of alkyl halides is 9. The van der Waals surface area contributed by atoms with Gasteiger partial charge in [0.1, 0.15) is 11.6 Å². The fraction of sp³-hybridized carbons (Fsp3) is 0.143. The molecule has 0 aliphatic carbocycles. The lowest BCUT2D eigenvalue weighted by molar-refractivity contribution is -0.138. The number of hydrogen-bond acceptors (Lipinski definition) is 0. The van der Waals surface area contributed by atoms with Gasteiger partial charge < -0.3 is 0 Å². The lowest BCUT2D eigenvalue weighted by atomic mass is 9.99. The van der Waals surface area contributed by atoms with Gasteiger partial charge in [-0.25, -0.2) is 8.78 Å². The molecular weight excluding hydrogens is 713 g/mol. The van der Waals surface area contributed by atoms with E-state index in [1.165, 1.54) is 54.6 Å². The van der Waals surface area contributed by atoms with Crippen molar-refractivity contribution in [3.8, 4) is 33.4 Å². The van der Waals surface area contributed by atoms with Gasteiger partial charge in [-0.1, -0.05) is 78.9 Å². The molecule has 0 saturated heterocycles. The third-order valence-corrected chi connectivity index (χ3v) is 7.68. The highest BCUT2D eigenvalue weighted by molar-refractivity contribution is 5.67. The smallest absolute Gasteiger partial charge is 0.207 e. The first kappa shape index (κ1) is 40.3. The van der Waals surface area contributed by atoms with Crippen LogP contribution in [0.15, 0.2) is 133 Å². The van der Waals surface area contributed by atoms with Crippen molar-refractivity contribution in [3.63, 3.8) is 0 Å². The lowest BCUT2D eigenvalue weighted by Gasteiger charge is -2.11. The van der Waals surface area contributed by atoms with Crippen LogP contribution < -0.4 is 0 Å². The Kier molecular flexibility index (Phi) is 12.5. The summed E-state index contributed by atoms with van der Waals surface area (Å²) in [6.07, 6.45) is -13.1. The summed E-state index contributed by atoms with van der Waals surface area (Å²) in [6, 6.07) is 31.7. The van der Waals surface area contributed by atoms with Gasteiger partial charge in [0.15, 0.2) is 0 Å². The molecular formula is C42H31F11. The Bertz CT molecular complexity index is 2130. The molecule has 0 aliphatic heterocycles. The van der Waals surface area contributed by atoms with Crippen molar-refractivity contribution < 1.29 is 48.3 Å². The average Bonchev–Trinajstić information content (AvgIpc) is 3.08. The Morgan fingerprint density at radius 1 is 0.340 bits per heavy atom. The summed E-state index contributed by atoms with van der Waals surface area (Å²) in [5, 5.41) is 0. The maximum atomic E-state index is 13.6. The van der Waals surface area contributed by atoms with Crippen molar-refractivity contribution in [3.05, 3.63) is 178 Å². The van der Waals surface area contributed by atoms with Gasteiger partial charge >= 0.3 is 18.5 Å². The summed E-state index contributed by atoms with van der Waals surface area (Å²) < 4.78 is 140. The quantitative estimate of drug-likeness (QED) is 0.158. The first-order valence-corrected chi connectivity index (χ1v) is 15.8. The molecule has 6 rings (SSSR count). The fourth-order valence-electron chi connectivity index (χ4n) is 5.30. The minimum absolute atomic E-state index is 0.173. The van der Waals surface area contributed by atoms with Crippen LogP contribution in [0.4, 0.5) is 48.3 Å². The zero-order valence-corrected chi connectivity index (χ0v) is 28.4. The zero-order valence-electron chi connectivity index (χ0n) is 28.4. The number of rotatable bonds is 3. The molecule has 276 valence electrons. The van der Waals surface area contributed by atoms with Gasteiger partial charge in [0, 0.05) is 5.56 Å². The molecule has 11 heteroatoms. The summed E-state index contributed by atoms with van der Waals surface area (Å²) >= 11 is 0. The van der Waals surface area contributed by atoms with Crippen molar-refractivity contribution in [2.75, 3.05) is 0 Å². The summed E-state index contributed by atoms with van der Waals surface area (Å²) in [7, 11) is 0. The molecule has 0 aliphatic rings. The molecule has 0 radical (unpaired) electrons. The fourth-order valence-corrected chi connectivity index (χ4v) is 5.30. The molecule has 0 amide bonds. The van der Waals surface area contributed by atoms with Crippen LogP contribution in [0.1, 0.15) is 33.4 Å². The molecule has 0 saturated carbocycles. The Labute approximate surface area is 299 Å². The van der Waals surface area contributed by atoms with E-state index in [2.05, 4.69) is 0 Å². The Hall–Kier alpha value is -5.45. The number of halogens is 11. The predicted octanol–water partition coefficient (Wildman–Crippen LogP) is 14.3. The second-order valence-corrected chi connectivity index (χ2v) is 12.1. The third-order valence-electron chi connectivity index (χ3n) is 7.68. The van der Waals surface area contributed by atoms with Gasteiger partial charge in [-0.2, -0.15) is 39.5 Å². The summed E-state index contributed by atoms with van der Waals surface area (Å²) in [4.78, 5) is 0. The molecule has 0 nitrogen and oxygen atoms in total. The normalized spacial score (nSPS) is 11.6. The Balaban J connectivity index is 0.000000178. The monoisotopic (exact) mass is 744 g/mol. The molecule has 0 spiro atoms. The molecule has 0 atom stereocenters. The highest BCUT2D eigenvalue weighted by Gasteiger charge is 2.32. The molecule has 0 bridgehead atoms. The van der Waals surface area contributed by atoms with Gasteiger partial charge in [-0.05, 0) is 120 Å². The van der Waals surface area contributed by atoms with Gasteiger partial charge in [0.25, 0.3) is 0 Å². The van der Waals surface area contributed by atoms with E-state index < -0.39 is 46.9 Å². The second-order valence-electron chi connectivity index (χ2n) is 12.1. The van der Waals surface area contributed by atoms with E-state index in [0.717, 1.165) is 35.9 Å². The number of benzene rings is 6. The van der Waals surface area contributed by atoms with Gasteiger partial charge in [0.2, 0.25) is 0 Å². The molecule has 6 aromatic rings. The third kappa shape index (κ3) is 11.5. The van der Waals surface area contributed by atoms with Gasteiger partial charge in [-0.15, -0.1) is 0 Å². The van der Waals surface area contributed by atoms with E-state index in [1.54, 1.807) is 51.1 Å². The highest BCUT2D eigenvalue weighted by Crippen LogP contribution is 2.36. The zero-order chi connectivity index (χ0) is 39.1. The predicted molar refractivity (Wildman–Crippen MR) is 185 cm³/mol. The highest BCUT2D eigenvalue weighted by atomic mass is 19.4. The van der Waals surface area contributed by atoms with Gasteiger partial charge in [0.05, 0.1) is 16.7 Å². The van der Waals surface area contributed by atoms with Crippen molar-refractivity contribution in [1.29, 1.82) is 0 Å². The summed E-state index contributed by atoms with van der Waals surface area (Å²) in [5.41, 5.74) is 2.31. The molecule has 0 N–H and O–H groups in total. The van der Waals surface area contributed by atoms with E-state index >= 15 is 0 Å². The minimum atomic E-state index is -4.42. The van der Waals surface area contributed by atoms with Crippen LogP contribution in [0.5, 0.6) is 0 Å². The van der Waals surface area contributed by atoms with Crippen LogP contribution >= 0.6 is 0 Å². The van der Waals surface area contributed by atoms with E-state index in [4.69, 9.17) is 0 Å². The summed E-state index contributed by atoms with van der Waals surface area (Å²) in [6.45, 7) is 4.82. The van der Waals surface area contributed by atoms with Crippen molar-refractivity contribution in [2.45, 2.75) is 39.3 Å². The van der Waals surface area contributed by atoms with E-state index in [9.17, 15) is 48.3 Å². The maximum absolute atomic E-state index is 13.6. The standard InChI is InChI=1S/2C14H10F4.C14H11F3/c1-9-6-11(8-12(7-9)14(16,17)18)10-2-4-13(15)5-3-10;1-9-6-10(8-11(7-9)14(16,17)18)12-4-2-3-5-13(12)15;1-10-7-12(11-5-3-2-4-6-11)9-13(8-10)14(15,16)17/h2*2-8H,1H3;2-9H,1H3. The van der Waals surface area contributed by atoms with Crippen LogP contribution in [0, 0.1) is 32.4 Å². The minimum Gasteiger partial charge on any atom is -0.207 e. The van der Waals surface area contributed by atoms with Gasteiger partial charge in [-0.3, -0.25) is 0 Å². The molecule has 0 heterocycles. The molecule has 0 unspecified atom stereocenters. The molecule has 6 aromatic carbocycles. The maximum Gasteiger partial charge on any atom is 0.416 e. The van der Waals surface area contributed by atoms with Crippen molar-refractivity contribution in [2.24, 2.45) is 0 Å². The van der Waals surface area contributed by atoms with Crippen LogP contribution in [-0.4, -0.2) is 0 Å². The lowest BCUT2D eigenvalue weighted by Crippen LogP contribution is -2.05. The SMILES string of the molecule is Cc1cc(-c2ccc(F)cc2)cc(C(F)(F)F)c1.Cc1cc(-c2ccccc2)cc(C(F)(F)F)c1.Cc1cc(-c2ccccc2F)cc(C(F)(F)F)c1. The van der Waals surface area contributed by atoms with Crippen molar-refractivity contribution in [1.82, 2.24) is 0 Å². The average molecular weight is 745 g/mol. The van der Waals surface area contributed by atoms with E-state index in [1.807, 2.05) is 18.2 Å². The topological polar surface area (TPSA) is 0 Å². The molecule has 53 heavy (non-hydrogen) atoms. The van der Waals surface area contributed by atoms with E-state index in [0.29, 0.717) is 33.4 Å². The van der Waals surface area contributed by atoms with Crippen LogP contribution in [0.2, 0.25) is 0 Å².